The molecule has 0 rings (SSSR count). The second-order valence-corrected chi connectivity index (χ2v) is 6.23. The van der Waals surface area contributed by atoms with Crippen molar-refractivity contribution < 1.29 is 37.8 Å². The Morgan fingerprint density at radius 2 is 0.762 bits per heavy atom. The molecule has 0 aromatic carbocycles. The van der Waals surface area contributed by atoms with E-state index in [-0.39, 0.29) is 20.3 Å². The smallest absolute Gasteiger partial charge is 1.00 e. The first-order valence-electron chi connectivity index (χ1n) is 8.11. The summed E-state index contributed by atoms with van der Waals surface area (Å²) < 4.78 is 31.6. The predicted molar refractivity (Wildman–Crippen MR) is 86.7 cm³/mol. The van der Waals surface area contributed by atoms with Crippen LogP contribution in [0.2, 0.25) is 0 Å². The average Bonchev–Trinajstić information content (AvgIpc) is 2.34. The van der Waals surface area contributed by atoms with Gasteiger partial charge in [-0.1, -0.05) is 97.3 Å². The van der Waals surface area contributed by atoms with Gasteiger partial charge in [-0.15, -0.1) is 0 Å². The van der Waals surface area contributed by atoms with Crippen LogP contribution < -0.4 is 18.9 Å². The zero-order valence-electron chi connectivity index (χ0n) is 15.3. The maximum absolute atomic E-state index is 8.74. The molecular formula is C15H35LiO4S. The quantitative estimate of drug-likeness (QED) is 0.329. The molecule has 0 atom stereocenters. The van der Waals surface area contributed by atoms with Gasteiger partial charge >= 0.3 is 29.3 Å². The van der Waals surface area contributed by atoms with Crippen molar-refractivity contribution in [3.8, 4) is 0 Å². The SMILES string of the molecule is CCCCCCCCCCCCCCC.O=S(=O)(O)O.[H-].[Li+]. The third kappa shape index (κ3) is 44.9. The first-order chi connectivity index (χ1) is 9.41. The van der Waals surface area contributed by atoms with Crippen molar-refractivity contribution in [3.05, 3.63) is 0 Å². The Morgan fingerprint density at radius 1 is 0.619 bits per heavy atom. The van der Waals surface area contributed by atoms with Gasteiger partial charge in [-0.3, -0.25) is 9.11 Å². The Bertz CT molecular complexity index is 255. The fraction of sp³-hybridized carbons (Fsp3) is 1.00. The van der Waals surface area contributed by atoms with Crippen LogP contribution in [0.5, 0.6) is 0 Å². The topological polar surface area (TPSA) is 74.6 Å². The molecule has 0 aliphatic heterocycles. The van der Waals surface area contributed by atoms with Gasteiger partial charge in [0, 0.05) is 0 Å². The van der Waals surface area contributed by atoms with E-state index in [1.165, 1.54) is 83.5 Å². The summed E-state index contributed by atoms with van der Waals surface area (Å²) in [4.78, 5) is 0. The van der Waals surface area contributed by atoms with E-state index < -0.39 is 10.4 Å². The first-order valence-corrected chi connectivity index (χ1v) is 9.51. The van der Waals surface area contributed by atoms with Crippen LogP contribution in [0.25, 0.3) is 0 Å². The number of unbranched alkanes of at least 4 members (excludes halogenated alkanes) is 12. The normalized spacial score (nSPS) is 10.5. The minimum Gasteiger partial charge on any atom is -1.00 e. The molecule has 21 heavy (non-hydrogen) atoms. The summed E-state index contributed by atoms with van der Waals surface area (Å²) in [6.07, 6.45) is 18.9. The molecule has 126 valence electrons. The van der Waals surface area contributed by atoms with Gasteiger partial charge in [0.05, 0.1) is 0 Å². The van der Waals surface area contributed by atoms with Crippen molar-refractivity contribution in [2.75, 3.05) is 0 Å². The molecule has 2 N–H and O–H groups in total. The van der Waals surface area contributed by atoms with E-state index in [0.29, 0.717) is 0 Å². The molecular weight excluding hydrogens is 283 g/mol. The molecule has 0 saturated carbocycles. The third-order valence-corrected chi connectivity index (χ3v) is 3.21. The molecule has 6 heteroatoms. The van der Waals surface area contributed by atoms with Crippen LogP contribution in [-0.2, 0) is 10.4 Å². The molecule has 0 bridgehead atoms. The summed E-state index contributed by atoms with van der Waals surface area (Å²) in [5.41, 5.74) is 0. The van der Waals surface area contributed by atoms with Crippen LogP contribution >= 0.6 is 0 Å². The molecule has 0 aliphatic rings. The molecule has 4 nitrogen and oxygen atoms in total. The van der Waals surface area contributed by atoms with Gasteiger partial charge in [-0.05, 0) is 0 Å². The number of rotatable bonds is 12. The molecule has 0 aromatic heterocycles. The summed E-state index contributed by atoms with van der Waals surface area (Å²) in [5, 5.41) is 0. The Labute approximate surface area is 145 Å². The van der Waals surface area contributed by atoms with Gasteiger partial charge in [0.1, 0.15) is 0 Å². The molecule has 0 amide bonds. The van der Waals surface area contributed by atoms with E-state index in [4.69, 9.17) is 17.5 Å². The van der Waals surface area contributed by atoms with Gasteiger partial charge in [-0.2, -0.15) is 8.42 Å². The molecule has 0 radical (unpaired) electrons. The van der Waals surface area contributed by atoms with E-state index in [2.05, 4.69) is 13.8 Å². The largest absolute Gasteiger partial charge is 1.00 e. The van der Waals surface area contributed by atoms with Crippen LogP contribution in [0, 0.1) is 0 Å². The second-order valence-electron chi connectivity index (χ2n) is 5.34. The van der Waals surface area contributed by atoms with Gasteiger partial charge < -0.3 is 1.43 Å². The average molecular weight is 318 g/mol. The van der Waals surface area contributed by atoms with Crippen LogP contribution in [-0.4, -0.2) is 17.5 Å². The minimum absolute atomic E-state index is 0. The van der Waals surface area contributed by atoms with E-state index in [1.807, 2.05) is 0 Å². The first kappa shape index (κ1) is 26.4. The van der Waals surface area contributed by atoms with Gasteiger partial charge in [0.15, 0.2) is 0 Å². The Kier molecular flexibility index (Phi) is 25.7. The van der Waals surface area contributed by atoms with Gasteiger partial charge in [0.25, 0.3) is 0 Å². The Morgan fingerprint density at radius 3 is 0.905 bits per heavy atom. The van der Waals surface area contributed by atoms with E-state index >= 15 is 0 Å². The Balaban J connectivity index is -0.000000201. The van der Waals surface area contributed by atoms with Gasteiger partial charge in [-0.25, -0.2) is 0 Å². The van der Waals surface area contributed by atoms with Crippen LogP contribution in [0.4, 0.5) is 0 Å². The summed E-state index contributed by atoms with van der Waals surface area (Å²) in [6, 6.07) is 0. The standard InChI is InChI=1S/C15H32.Li.H2O4S.H/c1-3-5-7-9-11-13-15-14-12-10-8-6-4-2;;1-5(2,3)4;/h3-15H2,1-2H3;;(H2,1,2,3,4);/q;+1;;-1. The molecule has 0 spiro atoms. The van der Waals surface area contributed by atoms with E-state index in [9.17, 15) is 0 Å². The van der Waals surface area contributed by atoms with Crippen molar-refractivity contribution in [1.82, 2.24) is 0 Å². The van der Waals surface area contributed by atoms with Gasteiger partial charge in [0.2, 0.25) is 0 Å². The van der Waals surface area contributed by atoms with Crippen molar-refractivity contribution in [2.45, 2.75) is 97.3 Å². The molecule has 0 unspecified atom stereocenters. The summed E-state index contributed by atoms with van der Waals surface area (Å²) >= 11 is 0. The molecule has 0 fully saturated rings. The summed E-state index contributed by atoms with van der Waals surface area (Å²) in [6.45, 7) is 4.58. The fourth-order valence-corrected chi connectivity index (χ4v) is 2.09. The zero-order valence-corrected chi connectivity index (χ0v) is 15.1. The van der Waals surface area contributed by atoms with Crippen molar-refractivity contribution in [3.63, 3.8) is 0 Å². The van der Waals surface area contributed by atoms with E-state index in [0.717, 1.165) is 0 Å². The van der Waals surface area contributed by atoms with Crippen molar-refractivity contribution in [2.24, 2.45) is 0 Å². The van der Waals surface area contributed by atoms with Crippen molar-refractivity contribution >= 4 is 10.4 Å². The predicted octanol–water partition coefficient (Wildman–Crippen LogP) is 2.56. The van der Waals surface area contributed by atoms with Crippen LogP contribution in [0.3, 0.4) is 0 Å². The molecule has 0 aliphatic carbocycles. The maximum atomic E-state index is 8.74. The molecule has 0 saturated heterocycles. The van der Waals surface area contributed by atoms with E-state index in [1.54, 1.807) is 0 Å². The second kappa shape index (κ2) is 20.5. The summed E-state index contributed by atoms with van der Waals surface area (Å²) in [5.74, 6) is 0. The Hall–Kier alpha value is 0.467. The van der Waals surface area contributed by atoms with Crippen molar-refractivity contribution in [1.29, 1.82) is 0 Å². The number of hydrogen-bond acceptors (Lipinski definition) is 2. The zero-order chi connectivity index (χ0) is 15.7. The molecule has 0 aromatic rings. The third-order valence-electron chi connectivity index (χ3n) is 3.21. The minimum atomic E-state index is -4.67. The number of hydrogen-bond donors (Lipinski definition) is 2. The maximum Gasteiger partial charge on any atom is 1.00 e. The monoisotopic (exact) mass is 318 g/mol. The van der Waals surface area contributed by atoms with Crippen LogP contribution in [0.1, 0.15) is 98.7 Å². The molecule has 0 heterocycles. The summed E-state index contributed by atoms with van der Waals surface area (Å²) in [7, 11) is -4.67. The van der Waals surface area contributed by atoms with Crippen LogP contribution in [0.15, 0.2) is 0 Å². The fourth-order valence-electron chi connectivity index (χ4n) is 2.09.